The summed E-state index contributed by atoms with van der Waals surface area (Å²) in [6.07, 6.45) is 3.83. The van der Waals surface area contributed by atoms with Gasteiger partial charge in [-0.15, -0.1) is 0 Å². The molecule has 1 saturated heterocycles. The lowest BCUT2D eigenvalue weighted by atomic mass is 9.73. The maximum Gasteiger partial charge on any atom is 0.329 e. The molecule has 3 rings (SSSR count). The Labute approximate surface area is 167 Å². The lowest BCUT2D eigenvalue weighted by Gasteiger charge is -2.36. The van der Waals surface area contributed by atoms with Crippen LogP contribution in [0.5, 0.6) is 11.5 Å². The van der Waals surface area contributed by atoms with Gasteiger partial charge in [0.25, 0.3) is 5.91 Å². The number of nitrogens with zero attached hydrogens (tertiary/aromatic N) is 1. The molecule has 1 aromatic carbocycles. The van der Waals surface area contributed by atoms with E-state index in [4.69, 9.17) is 9.47 Å². The van der Waals surface area contributed by atoms with Gasteiger partial charge in [0.2, 0.25) is 0 Å². The van der Waals surface area contributed by atoms with E-state index in [1.54, 1.807) is 7.11 Å². The highest BCUT2D eigenvalue weighted by molar-refractivity contribution is 6.07. The summed E-state index contributed by atoms with van der Waals surface area (Å²) in [5, 5.41) is 3.02. The molecule has 1 aromatic rings. The summed E-state index contributed by atoms with van der Waals surface area (Å²) in [6, 6.07) is 5.58. The zero-order valence-electron chi connectivity index (χ0n) is 17.3. The van der Waals surface area contributed by atoms with Crippen molar-refractivity contribution >= 4 is 11.9 Å². The van der Waals surface area contributed by atoms with E-state index >= 15 is 0 Å². The molecule has 7 heteroatoms. The molecule has 2 N–H and O–H groups in total. The highest BCUT2D eigenvalue weighted by atomic mass is 16.5. The first-order chi connectivity index (χ1) is 13.4. The predicted molar refractivity (Wildman–Crippen MR) is 105 cm³/mol. The molecular weight excluding hydrogens is 358 g/mol. The van der Waals surface area contributed by atoms with Gasteiger partial charge in [-0.3, -0.25) is 4.79 Å². The molecule has 154 valence electrons. The SMILES string of the molecule is CCOc1ccc(C[NH+](C)CN2C(=O)N[C@]3(CCCC[C@@H]3C)C2=O)cc1OC. The lowest BCUT2D eigenvalue weighted by molar-refractivity contribution is -0.901. The first kappa shape index (κ1) is 20.5. The summed E-state index contributed by atoms with van der Waals surface area (Å²) < 4.78 is 11.0. The average molecular weight is 391 g/mol. The smallest absolute Gasteiger partial charge is 0.329 e. The standard InChI is InChI=1S/C21H31N3O4/c1-5-28-17-10-9-16(12-18(17)27-4)13-23(3)14-24-19(25)21(22-20(24)26)11-7-6-8-15(21)2/h9-10,12,15H,5-8,11,13-14H2,1-4H3,(H,22,26)/p+1/t15-,21-/m0/s1. The number of imide groups is 1. The molecule has 1 heterocycles. The van der Waals surface area contributed by atoms with Crippen molar-refractivity contribution in [2.24, 2.45) is 5.92 Å². The predicted octanol–water partition coefficient (Wildman–Crippen LogP) is 1.57. The molecule has 0 radical (unpaired) electrons. The van der Waals surface area contributed by atoms with E-state index in [-0.39, 0.29) is 17.9 Å². The van der Waals surface area contributed by atoms with E-state index in [9.17, 15) is 9.59 Å². The lowest BCUT2D eigenvalue weighted by Crippen LogP contribution is -3.09. The van der Waals surface area contributed by atoms with Crippen LogP contribution in [-0.4, -0.2) is 49.8 Å². The third-order valence-corrected chi connectivity index (χ3v) is 5.96. The van der Waals surface area contributed by atoms with Crippen molar-refractivity contribution in [3.63, 3.8) is 0 Å². The van der Waals surface area contributed by atoms with E-state index in [1.165, 1.54) is 4.90 Å². The minimum atomic E-state index is -0.696. The fourth-order valence-electron chi connectivity index (χ4n) is 4.41. The van der Waals surface area contributed by atoms with Gasteiger partial charge in [-0.25, -0.2) is 9.69 Å². The monoisotopic (exact) mass is 390 g/mol. The highest BCUT2D eigenvalue weighted by Crippen LogP contribution is 2.37. The molecule has 3 atom stereocenters. The molecule has 1 saturated carbocycles. The third-order valence-electron chi connectivity index (χ3n) is 5.96. The average Bonchev–Trinajstić information content (AvgIpc) is 2.90. The molecule has 2 aliphatic rings. The Morgan fingerprint density at radius 1 is 1.29 bits per heavy atom. The van der Waals surface area contributed by atoms with Gasteiger partial charge < -0.3 is 19.7 Å². The summed E-state index contributed by atoms with van der Waals surface area (Å²) >= 11 is 0. The van der Waals surface area contributed by atoms with Gasteiger partial charge in [-0.05, 0) is 43.9 Å². The number of carbonyl (C=O) groups is 2. The van der Waals surface area contributed by atoms with Crippen molar-refractivity contribution in [1.29, 1.82) is 0 Å². The number of ether oxygens (including phenoxy) is 2. The molecule has 7 nitrogen and oxygen atoms in total. The Morgan fingerprint density at radius 3 is 2.75 bits per heavy atom. The Hall–Kier alpha value is -2.28. The van der Waals surface area contributed by atoms with Gasteiger partial charge in [0, 0.05) is 5.56 Å². The zero-order valence-corrected chi connectivity index (χ0v) is 17.3. The van der Waals surface area contributed by atoms with E-state index in [2.05, 4.69) is 12.2 Å². The molecule has 1 aliphatic carbocycles. The second kappa shape index (κ2) is 8.39. The maximum atomic E-state index is 13.1. The molecule has 0 bridgehead atoms. The fourth-order valence-corrected chi connectivity index (χ4v) is 4.41. The summed E-state index contributed by atoms with van der Waals surface area (Å²) in [4.78, 5) is 28.1. The van der Waals surface area contributed by atoms with Gasteiger partial charge in [0.15, 0.2) is 18.2 Å². The van der Waals surface area contributed by atoms with Crippen molar-refractivity contribution < 1.29 is 24.0 Å². The van der Waals surface area contributed by atoms with Gasteiger partial charge in [-0.2, -0.15) is 0 Å². The van der Waals surface area contributed by atoms with Crippen LogP contribution < -0.4 is 19.7 Å². The number of hydrogen-bond donors (Lipinski definition) is 2. The second-order valence-corrected chi connectivity index (χ2v) is 7.99. The molecule has 28 heavy (non-hydrogen) atoms. The number of nitrogens with one attached hydrogen (secondary N) is 2. The van der Waals surface area contributed by atoms with Crippen LogP contribution in [0.25, 0.3) is 0 Å². The zero-order chi connectivity index (χ0) is 20.3. The molecular formula is C21H32N3O4+. The van der Waals surface area contributed by atoms with Crippen LogP contribution in [0.3, 0.4) is 0 Å². The maximum absolute atomic E-state index is 13.1. The van der Waals surface area contributed by atoms with Gasteiger partial charge in [-0.1, -0.05) is 19.8 Å². The number of rotatable bonds is 7. The van der Waals surface area contributed by atoms with Gasteiger partial charge in [0.1, 0.15) is 12.1 Å². The number of amides is 3. The van der Waals surface area contributed by atoms with Crippen molar-refractivity contribution in [2.75, 3.05) is 27.4 Å². The number of quaternary nitrogens is 1. The third kappa shape index (κ3) is 3.81. The van der Waals surface area contributed by atoms with E-state index in [1.807, 2.05) is 32.2 Å². The number of hydrogen-bond acceptors (Lipinski definition) is 4. The summed E-state index contributed by atoms with van der Waals surface area (Å²) in [6.45, 7) is 5.59. The van der Waals surface area contributed by atoms with Crippen LogP contribution in [-0.2, 0) is 11.3 Å². The van der Waals surface area contributed by atoms with Gasteiger partial charge in [0.05, 0.1) is 20.8 Å². The fraction of sp³-hybridized carbons (Fsp3) is 0.619. The van der Waals surface area contributed by atoms with Crippen LogP contribution in [0.15, 0.2) is 18.2 Å². The minimum Gasteiger partial charge on any atom is -0.493 e. The molecule has 1 aliphatic heterocycles. The van der Waals surface area contributed by atoms with Crippen LogP contribution in [0.2, 0.25) is 0 Å². The number of carbonyl (C=O) groups excluding carboxylic acids is 2. The summed E-state index contributed by atoms with van der Waals surface area (Å²) in [5.74, 6) is 1.53. The minimum absolute atomic E-state index is 0.0617. The molecule has 1 unspecified atom stereocenters. The van der Waals surface area contributed by atoms with Crippen molar-refractivity contribution in [3.05, 3.63) is 23.8 Å². The van der Waals surface area contributed by atoms with E-state index in [0.717, 1.165) is 36.1 Å². The first-order valence-corrected chi connectivity index (χ1v) is 10.2. The van der Waals surface area contributed by atoms with Crippen LogP contribution in [0, 0.1) is 5.92 Å². The first-order valence-electron chi connectivity index (χ1n) is 10.2. The van der Waals surface area contributed by atoms with Crippen molar-refractivity contribution in [2.45, 2.75) is 51.6 Å². The van der Waals surface area contributed by atoms with Gasteiger partial charge >= 0.3 is 6.03 Å². The largest absolute Gasteiger partial charge is 0.493 e. The van der Waals surface area contributed by atoms with Crippen LogP contribution in [0.1, 0.15) is 45.1 Å². The van der Waals surface area contributed by atoms with Crippen molar-refractivity contribution in [1.82, 2.24) is 10.2 Å². The quantitative estimate of drug-likeness (QED) is 0.693. The summed E-state index contributed by atoms with van der Waals surface area (Å²) in [5.41, 5.74) is 0.364. The second-order valence-electron chi connectivity index (χ2n) is 7.99. The normalized spacial score (nSPS) is 25.7. The number of benzene rings is 1. The number of methoxy groups -OCH3 is 1. The Balaban J connectivity index is 1.67. The molecule has 1 spiro atoms. The van der Waals surface area contributed by atoms with E-state index < -0.39 is 5.54 Å². The molecule has 2 fully saturated rings. The number of urea groups is 1. The Morgan fingerprint density at radius 2 is 2.07 bits per heavy atom. The van der Waals surface area contributed by atoms with Crippen LogP contribution in [0.4, 0.5) is 4.79 Å². The molecule has 3 amide bonds. The Kier molecular flexibility index (Phi) is 6.13. The Bertz CT molecular complexity index is 738. The summed E-state index contributed by atoms with van der Waals surface area (Å²) in [7, 11) is 3.61. The molecule has 0 aromatic heterocycles. The van der Waals surface area contributed by atoms with E-state index in [0.29, 0.717) is 31.3 Å². The van der Waals surface area contributed by atoms with Crippen LogP contribution >= 0.6 is 0 Å². The topological polar surface area (TPSA) is 72.3 Å². The highest BCUT2D eigenvalue weighted by Gasteiger charge is 2.55. The van der Waals surface area contributed by atoms with Crippen molar-refractivity contribution in [3.8, 4) is 11.5 Å².